The number of hydrogen-bond acceptors (Lipinski definition) is 5. The summed E-state index contributed by atoms with van der Waals surface area (Å²) < 4.78 is 6.06. The Morgan fingerprint density at radius 1 is 1.60 bits per heavy atom. The molecule has 1 unspecified atom stereocenters. The van der Waals surface area contributed by atoms with Crippen molar-refractivity contribution in [1.82, 2.24) is 5.32 Å². The van der Waals surface area contributed by atoms with Crippen LogP contribution in [0.3, 0.4) is 0 Å². The molecular formula is C13H16BrN3O3. The molecule has 0 saturated carbocycles. The summed E-state index contributed by atoms with van der Waals surface area (Å²) in [7, 11) is 0. The Labute approximate surface area is 126 Å². The molecule has 0 amide bonds. The largest absolute Gasteiger partial charge is 0.487 e. The van der Waals surface area contributed by atoms with E-state index in [1.807, 2.05) is 6.92 Å². The molecule has 0 saturated heterocycles. The zero-order valence-corrected chi connectivity index (χ0v) is 12.9. The van der Waals surface area contributed by atoms with Crippen LogP contribution in [-0.4, -0.2) is 23.6 Å². The van der Waals surface area contributed by atoms with Crippen LogP contribution < -0.4 is 10.1 Å². The SMILES string of the molecule is CCNC(C)(C#N)CCOc1ccc(Br)cc1[N+](=O)[O-]. The molecule has 1 aromatic rings. The number of hydrogen-bond donors (Lipinski definition) is 1. The van der Waals surface area contributed by atoms with Crippen LogP contribution in [0.15, 0.2) is 22.7 Å². The van der Waals surface area contributed by atoms with Gasteiger partial charge in [0.15, 0.2) is 5.75 Å². The molecule has 7 heteroatoms. The standard InChI is InChI=1S/C13H16BrN3O3/c1-3-16-13(2,9-15)6-7-20-12-5-4-10(14)8-11(12)17(18)19/h4-5,8,16H,3,6-7H2,1-2H3. The molecule has 0 radical (unpaired) electrons. The molecule has 0 spiro atoms. The molecule has 1 aromatic carbocycles. The molecule has 0 fully saturated rings. The second kappa shape index (κ2) is 7.22. The molecule has 0 aliphatic heterocycles. The molecule has 0 heterocycles. The van der Waals surface area contributed by atoms with Gasteiger partial charge < -0.3 is 4.74 Å². The van der Waals surface area contributed by atoms with E-state index in [-0.39, 0.29) is 18.0 Å². The molecule has 6 nitrogen and oxygen atoms in total. The smallest absolute Gasteiger partial charge is 0.312 e. The van der Waals surface area contributed by atoms with Gasteiger partial charge in [-0.15, -0.1) is 0 Å². The van der Waals surface area contributed by atoms with Gasteiger partial charge >= 0.3 is 5.69 Å². The highest BCUT2D eigenvalue weighted by Crippen LogP contribution is 2.30. The summed E-state index contributed by atoms with van der Waals surface area (Å²) in [5, 5.41) is 23.1. The van der Waals surface area contributed by atoms with Gasteiger partial charge in [-0.25, -0.2) is 0 Å². The Morgan fingerprint density at radius 2 is 2.30 bits per heavy atom. The lowest BCUT2D eigenvalue weighted by Gasteiger charge is -2.22. The van der Waals surface area contributed by atoms with E-state index in [0.717, 1.165) is 0 Å². The minimum atomic E-state index is -0.696. The number of rotatable bonds is 7. The highest BCUT2D eigenvalue weighted by atomic mass is 79.9. The van der Waals surface area contributed by atoms with Gasteiger partial charge in [0.1, 0.15) is 5.54 Å². The summed E-state index contributed by atoms with van der Waals surface area (Å²) in [4.78, 5) is 10.4. The number of benzene rings is 1. The van der Waals surface area contributed by atoms with Crippen molar-refractivity contribution in [2.75, 3.05) is 13.2 Å². The lowest BCUT2D eigenvalue weighted by atomic mass is 10.0. The van der Waals surface area contributed by atoms with E-state index in [1.165, 1.54) is 6.07 Å². The maximum Gasteiger partial charge on any atom is 0.312 e. The van der Waals surface area contributed by atoms with Crippen molar-refractivity contribution in [2.45, 2.75) is 25.8 Å². The van der Waals surface area contributed by atoms with Crippen molar-refractivity contribution in [3.8, 4) is 11.8 Å². The van der Waals surface area contributed by atoms with Crippen LogP contribution in [0.5, 0.6) is 5.75 Å². The van der Waals surface area contributed by atoms with Crippen LogP contribution in [0.2, 0.25) is 0 Å². The number of nitrogens with zero attached hydrogens (tertiary/aromatic N) is 2. The van der Waals surface area contributed by atoms with E-state index in [4.69, 9.17) is 10.00 Å². The van der Waals surface area contributed by atoms with Crippen LogP contribution in [0, 0.1) is 21.4 Å². The van der Waals surface area contributed by atoms with Crippen molar-refractivity contribution < 1.29 is 9.66 Å². The number of nitro groups is 1. The van der Waals surface area contributed by atoms with Crippen molar-refractivity contribution in [2.24, 2.45) is 0 Å². The summed E-state index contributed by atoms with van der Waals surface area (Å²) in [6.07, 6.45) is 0.435. The lowest BCUT2D eigenvalue weighted by Crippen LogP contribution is -2.42. The lowest BCUT2D eigenvalue weighted by molar-refractivity contribution is -0.386. The monoisotopic (exact) mass is 341 g/mol. The number of nitro benzene ring substituents is 1. The molecule has 1 N–H and O–H groups in total. The quantitative estimate of drug-likeness (QED) is 0.608. The molecule has 0 aliphatic rings. The van der Waals surface area contributed by atoms with Gasteiger partial charge in [0.25, 0.3) is 0 Å². The summed E-state index contributed by atoms with van der Waals surface area (Å²) in [5.41, 5.74) is -0.791. The van der Waals surface area contributed by atoms with E-state index >= 15 is 0 Å². The fourth-order valence-corrected chi connectivity index (χ4v) is 2.04. The fraction of sp³-hybridized carbons (Fsp3) is 0.462. The Hall–Kier alpha value is -1.65. The number of nitrogens with one attached hydrogen (secondary N) is 1. The zero-order valence-electron chi connectivity index (χ0n) is 11.4. The predicted octanol–water partition coefficient (Wildman–Crippen LogP) is 3.02. The summed E-state index contributed by atoms with van der Waals surface area (Å²) in [5.74, 6) is 0.204. The summed E-state index contributed by atoms with van der Waals surface area (Å²) >= 11 is 3.18. The van der Waals surface area contributed by atoms with Crippen molar-refractivity contribution in [3.05, 3.63) is 32.8 Å². The molecule has 108 valence electrons. The first-order valence-corrected chi connectivity index (χ1v) is 6.94. The molecule has 1 rings (SSSR count). The van der Waals surface area contributed by atoms with Crippen molar-refractivity contribution in [1.29, 1.82) is 5.26 Å². The first-order valence-electron chi connectivity index (χ1n) is 6.15. The van der Waals surface area contributed by atoms with Gasteiger partial charge in [-0.05, 0) is 25.6 Å². The normalized spacial score (nSPS) is 13.3. The van der Waals surface area contributed by atoms with Gasteiger partial charge in [0, 0.05) is 17.0 Å². The second-order valence-electron chi connectivity index (χ2n) is 4.44. The van der Waals surface area contributed by atoms with Crippen LogP contribution in [0.25, 0.3) is 0 Å². The van der Waals surface area contributed by atoms with E-state index < -0.39 is 10.5 Å². The van der Waals surface area contributed by atoms with Crippen LogP contribution in [0.1, 0.15) is 20.3 Å². The molecule has 0 aliphatic carbocycles. The maximum atomic E-state index is 10.9. The van der Waals surface area contributed by atoms with E-state index in [2.05, 4.69) is 27.3 Å². The van der Waals surface area contributed by atoms with Gasteiger partial charge in [-0.2, -0.15) is 5.26 Å². The second-order valence-corrected chi connectivity index (χ2v) is 5.36. The van der Waals surface area contributed by atoms with Gasteiger partial charge in [-0.3, -0.25) is 15.4 Å². The Morgan fingerprint density at radius 3 is 2.85 bits per heavy atom. The average molecular weight is 342 g/mol. The van der Waals surface area contributed by atoms with Crippen molar-refractivity contribution >= 4 is 21.6 Å². The Kier molecular flexibility index (Phi) is 5.92. The fourth-order valence-electron chi connectivity index (χ4n) is 1.69. The number of halogens is 1. The third kappa shape index (κ3) is 4.47. The third-order valence-corrected chi connectivity index (χ3v) is 3.28. The van der Waals surface area contributed by atoms with Gasteiger partial charge in [0.2, 0.25) is 0 Å². The van der Waals surface area contributed by atoms with Gasteiger partial charge in [-0.1, -0.05) is 22.9 Å². The van der Waals surface area contributed by atoms with Crippen LogP contribution in [-0.2, 0) is 0 Å². The van der Waals surface area contributed by atoms with Crippen molar-refractivity contribution in [3.63, 3.8) is 0 Å². The van der Waals surface area contributed by atoms with E-state index in [1.54, 1.807) is 19.1 Å². The molecular weight excluding hydrogens is 326 g/mol. The van der Waals surface area contributed by atoms with Gasteiger partial charge in [0.05, 0.1) is 17.6 Å². The molecule has 20 heavy (non-hydrogen) atoms. The van der Waals surface area contributed by atoms with Crippen LogP contribution in [0.4, 0.5) is 5.69 Å². The number of ether oxygens (including phenoxy) is 1. The molecule has 0 bridgehead atoms. The third-order valence-electron chi connectivity index (χ3n) is 2.79. The maximum absolute atomic E-state index is 10.9. The zero-order chi connectivity index (χ0) is 15.2. The molecule has 1 atom stereocenters. The topological polar surface area (TPSA) is 88.2 Å². The Balaban J connectivity index is 2.72. The van der Waals surface area contributed by atoms with E-state index in [0.29, 0.717) is 17.4 Å². The average Bonchev–Trinajstić information content (AvgIpc) is 2.40. The first kappa shape index (κ1) is 16.4. The molecule has 0 aromatic heterocycles. The minimum Gasteiger partial charge on any atom is -0.487 e. The van der Waals surface area contributed by atoms with Crippen LogP contribution >= 0.6 is 15.9 Å². The predicted molar refractivity (Wildman–Crippen MR) is 78.6 cm³/mol. The first-order chi connectivity index (χ1) is 9.41. The highest BCUT2D eigenvalue weighted by molar-refractivity contribution is 9.10. The number of nitriles is 1. The summed E-state index contributed by atoms with van der Waals surface area (Å²) in [6.45, 7) is 4.58. The highest BCUT2D eigenvalue weighted by Gasteiger charge is 2.23. The summed E-state index contributed by atoms with van der Waals surface area (Å²) in [6, 6.07) is 6.79. The Bertz CT molecular complexity index is 530. The van der Waals surface area contributed by atoms with E-state index in [9.17, 15) is 10.1 Å². The minimum absolute atomic E-state index is 0.0958.